The minimum Gasteiger partial charge on any atom is -0.481 e. The molecule has 0 bridgehead atoms. The summed E-state index contributed by atoms with van der Waals surface area (Å²) < 4.78 is 7.17. The molecule has 2 N–H and O–H groups in total. The maximum Gasteiger partial charge on any atom is 0.307 e. The van der Waals surface area contributed by atoms with E-state index in [9.17, 15) is 14.7 Å². The summed E-state index contributed by atoms with van der Waals surface area (Å²) in [5.74, 6) is -0.756. The topological polar surface area (TPSA) is 96.7 Å². The number of imidazole rings is 1. The number of fused-ring (bicyclic) bond motifs is 1. The molecule has 0 saturated carbocycles. The number of amides is 1. The molecule has 3 rings (SSSR count). The first-order chi connectivity index (χ1) is 14.9. The lowest BCUT2D eigenvalue weighted by Gasteiger charge is -2.37. The van der Waals surface area contributed by atoms with Crippen LogP contribution in [0, 0.1) is 11.8 Å². The highest BCUT2D eigenvalue weighted by Crippen LogP contribution is 2.23. The minimum atomic E-state index is -0.820. The molecule has 0 aliphatic carbocycles. The van der Waals surface area contributed by atoms with Crippen LogP contribution >= 0.6 is 24.8 Å². The second kappa shape index (κ2) is 13.7. The Bertz CT molecular complexity index is 906. The zero-order valence-electron chi connectivity index (χ0n) is 19.5. The first-order valence-electron chi connectivity index (χ1n) is 11.1. The van der Waals surface area contributed by atoms with Gasteiger partial charge in [-0.25, -0.2) is 4.98 Å². The zero-order valence-corrected chi connectivity index (χ0v) is 21.2. The van der Waals surface area contributed by atoms with E-state index in [1.807, 2.05) is 33.7 Å². The van der Waals surface area contributed by atoms with Crippen LogP contribution in [0.3, 0.4) is 0 Å². The van der Waals surface area contributed by atoms with E-state index in [0.29, 0.717) is 45.0 Å². The molecule has 2 heterocycles. The quantitative estimate of drug-likeness (QED) is 0.482. The molecule has 33 heavy (non-hydrogen) atoms. The molecule has 186 valence electrons. The van der Waals surface area contributed by atoms with Gasteiger partial charge in [0.25, 0.3) is 5.91 Å². The number of nitrogens with one attached hydrogen (secondary N) is 1. The Balaban J connectivity index is 0.00000272. The number of carboxylic acid groups (broad SMARTS) is 1. The van der Waals surface area contributed by atoms with Crippen LogP contribution in [0.2, 0.25) is 0 Å². The number of aromatic nitrogens is 2. The van der Waals surface area contributed by atoms with Crippen molar-refractivity contribution in [1.82, 2.24) is 19.8 Å². The third kappa shape index (κ3) is 7.30. The van der Waals surface area contributed by atoms with Crippen molar-refractivity contribution >= 4 is 47.7 Å². The Morgan fingerprint density at radius 1 is 1.24 bits per heavy atom. The van der Waals surface area contributed by atoms with Crippen molar-refractivity contribution in [3.8, 4) is 0 Å². The number of aliphatic carboxylic acids is 1. The maximum atomic E-state index is 13.8. The van der Waals surface area contributed by atoms with Crippen molar-refractivity contribution < 1.29 is 19.4 Å². The predicted octanol–water partition coefficient (Wildman–Crippen LogP) is 3.47. The van der Waals surface area contributed by atoms with Gasteiger partial charge in [0.15, 0.2) is 5.82 Å². The van der Waals surface area contributed by atoms with Crippen molar-refractivity contribution in [2.75, 3.05) is 33.4 Å². The van der Waals surface area contributed by atoms with Gasteiger partial charge in [-0.3, -0.25) is 9.59 Å². The average molecular weight is 503 g/mol. The number of ether oxygens (including phenoxy) is 1. The standard InChI is InChI=1S/C23H34N4O4.2ClH/c1-16(2)15-27(18-12-17(23(29)30)13-24-14-18)22(28)21-25-19-8-4-5-9-20(19)26(21)10-6-7-11-31-3;;/h4-5,8-9,16-18,24H,6-7,10-15H2,1-3H3,(H,29,30);2*1H/t17?,18-;;/m0../s1. The van der Waals surface area contributed by atoms with Crippen LogP contribution in [0.25, 0.3) is 11.0 Å². The van der Waals surface area contributed by atoms with E-state index in [2.05, 4.69) is 19.2 Å². The Hall–Kier alpha value is -1.87. The molecule has 1 amide bonds. The van der Waals surface area contributed by atoms with Crippen molar-refractivity contribution in [2.24, 2.45) is 11.8 Å². The molecule has 2 atom stereocenters. The summed E-state index contributed by atoms with van der Waals surface area (Å²) in [7, 11) is 1.69. The average Bonchev–Trinajstić information content (AvgIpc) is 3.13. The number of methoxy groups -OCH3 is 1. The molecule has 1 aliphatic rings. The van der Waals surface area contributed by atoms with Crippen LogP contribution in [0.5, 0.6) is 0 Å². The number of piperidine rings is 1. The molecule has 1 fully saturated rings. The number of para-hydroxylation sites is 2. The molecule has 2 aromatic rings. The second-order valence-corrected chi connectivity index (χ2v) is 8.71. The smallest absolute Gasteiger partial charge is 0.307 e. The lowest BCUT2D eigenvalue weighted by Crippen LogP contribution is -2.53. The molecule has 10 heteroatoms. The van der Waals surface area contributed by atoms with Crippen molar-refractivity contribution in [2.45, 2.75) is 45.7 Å². The van der Waals surface area contributed by atoms with Gasteiger partial charge in [0, 0.05) is 45.9 Å². The Morgan fingerprint density at radius 2 is 1.97 bits per heavy atom. The Labute approximate surface area is 207 Å². The van der Waals surface area contributed by atoms with Gasteiger partial charge in [0.05, 0.1) is 17.0 Å². The highest BCUT2D eigenvalue weighted by molar-refractivity contribution is 5.95. The first-order valence-corrected chi connectivity index (χ1v) is 11.1. The van der Waals surface area contributed by atoms with Gasteiger partial charge in [-0.1, -0.05) is 26.0 Å². The van der Waals surface area contributed by atoms with Crippen LogP contribution in [-0.4, -0.2) is 70.8 Å². The summed E-state index contributed by atoms with van der Waals surface area (Å²) in [6.07, 6.45) is 2.23. The number of aryl methyl sites for hydroxylation is 1. The number of carboxylic acids is 1. The molecular weight excluding hydrogens is 467 g/mol. The third-order valence-electron chi connectivity index (χ3n) is 5.77. The number of unbranched alkanes of at least 4 members (excludes halogenated alkanes) is 1. The third-order valence-corrected chi connectivity index (χ3v) is 5.77. The molecule has 0 radical (unpaired) electrons. The number of benzene rings is 1. The van der Waals surface area contributed by atoms with Crippen molar-refractivity contribution in [3.63, 3.8) is 0 Å². The van der Waals surface area contributed by atoms with E-state index < -0.39 is 11.9 Å². The SMILES string of the molecule is COCCCCn1c(C(=O)N(CC(C)C)[C@@H]2CNCC(C(=O)O)C2)nc2ccccc21.Cl.Cl. The summed E-state index contributed by atoms with van der Waals surface area (Å²) >= 11 is 0. The number of carbonyl (C=O) groups excluding carboxylic acids is 1. The number of halogens is 2. The van der Waals surface area contributed by atoms with Gasteiger partial charge in [0.1, 0.15) is 0 Å². The normalized spacial score (nSPS) is 17.9. The molecular formula is C23H36Cl2N4O4. The number of rotatable bonds is 10. The van der Waals surface area contributed by atoms with Gasteiger partial charge in [-0.2, -0.15) is 0 Å². The van der Waals surface area contributed by atoms with Crippen LogP contribution in [0.15, 0.2) is 24.3 Å². The van der Waals surface area contributed by atoms with Crippen LogP contribution in [0.4, 0.5) is 0 Å². The van der Waals surface area contributed by atoms with Gasteiger partial charge < -0.3 is 24.6 Å². The molecule has 1 unspecified atom stereocenters. The molecule has 8 nitrogen and oxygen atoms in total. The summed E-state index contributed by atoms with van der Waals surface area (Å²) in [4.78, 5) is 31.9. The second-order valence-electron chi connectivity index (χ2n) is 8.71. The summed E-state index contributed by atoms with van der Waals surface area (Å²) in [6.45, 7) is 7.09. The molecule has 1 aromatic carbocycles. The highest BCUT2D eigenvalue weighted by atomic mass is 35.5. The summed E-state index contributed by atoms with van der Waals surface area (Å²) in [5.41, 5.74) is 1.74. The fraction of sp³-hybridized carbons (Fsp3) is 0.609. The molecule has 1 saturated heterocycles. The van der Waals surface area contributed by atoms with Crippen molar-refractivity contribution in [3.05, 3.63) is 30.1 Å². The lowest BCUT2D eigenvalue weighted by atomic mass is 9.94. The highest BCUT2D eigenvalue weighted by Gasteiger charge is 2.35. The van der Waals surface area contributed by atoms with Gasteiger partial charge in [0.2, 0.25) is 0 Å². The molecule has 1 aromatic heterocycles. The molecule has 0 spiro atoms. The Morgan fingerprint density at radius 3 is 2.64 bits per heavy atom. The van der Waals surface area contributed by atoms with Gasteiger partial charge >= 0.3 is 5.97 Å². The predicted molar refractivity (Wildman–Crippen MR) is 134 cm³/mol. The van der Waals surface area contributed by atoms with Crippen LogP contribution < -0.4 is 5.32 Å². The lowest BCUT2D eigenvalue weighted by molar-refractivity contribution is -0.142. The van der Waals surface area contributed by atoms with E-state index in [0.717, 1.165) is 23.9 Å². The molecule has 1 aliphatic heterocycles. The van der Waals surface area contributed by atoms with Crippen LogP contribution in [0.1, 0.15) is 43.7 Å². The Kier molecular flexibility index (Phi) is 12.1. The van der Waals surface area contributed by atoms with E-state index in [1.165, 1.54) is 0 Å². The maximum absolute atomic E-state index is 13.8. The van der Waals surface area contributed by atoms with Crippen molar-refractivity contribution in [1.29, 1.82) is 0 Å². The zero-order chi connectivity index (χ0) is 22.4. The van der Waals surface area contributed by atoms with E-state index in [4.69, 9.17) is 9.72 Å². The van der Waals surface area contributed by atoms with Crippen LogP contribution in [-0.2, 0) is 16.1 Å². The number of nitrogens with zero attached hydrogens (tertiary/aromatic N) is 3. The van der Waals surface area contributed by atoms with Gasteiger partial charge in [-0.05, 0) is 37.3 Å². The first kappa shape index (κ1) is 29.2. The van der Waals surface area contributed by atoms with E-state index in [1.54, 1.807) is 7.11 Å². The minimum absolute atomic E-state index is 0. The fourth-order valence-electron chi connectivity index (χ4n) is 4.25. The summed E-state index contributed by atoms with van der Waals surface area (Å²) in [6, 6.07) is 7.62. The largest absolute Gasteiger partial charge is 0.481 e. The summed E-state index contributed by atoms with van der Waals surface area (Å²) in [5, 5.41) is 12.7. The van der Waals surface area contributed by atoms with E-state index >= 15 is 0 Å². The van der Waals surface area contributed by atoms with Gasteiger partial charge in [-0.15, -0.1) is 24.8 Å². The number of carbonyl (C=O) groups is 2. The fourth-order valence-corrected chi connectivity index (χ4v) is 4.25. The monoisotopic (exact) mass is 502 g/mol. The number of hydrogen-bond acceptors (Lipinski definition) is 5. The number of hydrogen-bond donors (Lipinski definition) is 2. The van der Waals surface area contributed by atoms with E-state index in [-0.39, 0.29) is 42.7 Å².